The molecule has 178 valence electrons. The standard InChI is InChI=1S/C24H30N2O6S/c1-14-5-6-16-19(11-14)33-23(20(16)24(28)26-7-9-32-10-8-26)25-22(27)15-12-17(29-2)21(31-4)18(13-15)30-3/h12-14H,5-11H2,1-4H3,(H,25,27). The molecule has 1 aromatic heterocycles. The number of amides is 2. The molecule has 0 bridgehead atoms. The third kappa shape index (κ3) is 4.65. The van der Waals surface area contributed by atoms with Crippen molar-refractivity contribution in [2.24, 2.45) is 5.92 Å². The molecule has 9 heteroatoms. The second kappa shape index (κ2) is 10.0. The molecular weight excluding hydrogens is 444 g/mol. The van der Waals surface area contributed by atoms with Crippen molar-refractivity contribution in [2.45, 2.75) is 26.2 Å². The minimum absolute atomic E-state index is 0.0365. The summed E-state index contributed by atoms with van der Waals surface area (Å²) in [4.78, 5) is 29.8. The number of thiophene rings is 1. The molecule has 1 atom stereocenters. The van der Waals surface area contributed by atoms with Gasteiger partial charge >= 0.3 is 0 Å². The minimum Gasteiger partial charge on any atom is -0.493 e. The van der Waals surface area contributed by atoms with Gasteiger partial charge in [0.2, 0.25) is 5.75 Å². The highest BCUT2D eigenvalue weighted by atomic mass is 32.1. The van der Waals surface area contributed by atoms with E-state index in [1.165, 1.54) is 37.5 Å². The number of hydrogen-bond donors (Lipinski definition) is 1. The van der Waals surface area contributed by atoms with Gasteiger partial charge in [0, 0.05) is 23.5 Å². The second-order valence-electron chi connectivity index (χ2n) is 8.33. The number of carbonyl (C=O) groups is 2. The monoisotopic (exact) mass is 474 g/mol. The summed E-state index contributed by atoms with van der Waals surface area (Å²) >= 11 is 1.51. The zero-order valence-corrected chi connectivity index (χ0v) is 20.3. The van der Waals surface area contributed by atoms with Crippen LogP contribution in [0.4, 0.5) is 5.00 Å². The van der Waals surface area contributed by atoms with E-state index in [4.69, 9.17) is 18.9 Å². The van der Waals surface area contributed by atoms with E-state index in [0.717, 1.165) is 24.8 Å². The van der Waals surface area contributed by atoms with E-state index >= 15 is 0 Å². The average Bonchev–Trinajstić information content (AvgIpc) is 3.19. The van der Waals surface area contributed by atoms with Crippen molar-refractivity contribution >= 4 is 28.2 Å². The van der Waals surface area contributed by atoms with Crippen LogP contribution in [-0.4, -0.2) is 64.3 Å². The van der Waals surface area contributed by atoms with E-state index in [1.54, 1.807) is 12.1 Å². The first-order valence-electron chi connectivity index (χ1n) is 11.1. The largest absolute Gasteiger partial charge is 0.493 e. The summed E-state index contributed by atoms with van der Waals surface area (Å²) in [5, 5.41) is 3.61. The number of ether oxygens (including phenoxy) is 4. The lowest BCUT2D eigenvalue weighted by molar-refractivity contribution is 0.0303. The zero-order valence-electron chi connectivity index (χ0n) is 19.5. The molecular formula is C24H30N2O6S. The summed E-state index contributed by atoms with van der Waals surface area (Å²) in [6, 6.07) is 3.21. The van der Waals surface area contributed by atoms with Gasteiger partial charge in [-0.15, -0.1) is 11.3 Å². The predicted molar refractivity (Wildman–Crippen MR) is 126 cm³/mol. The molecule has 8 nitrogen and oxygen atoms in total. The number of anilines is 1. The lowest BCUT2D eigenvalue weighted by Gasteiger charge is -2.28. The maximum absolute atomic E-state index is 13.5. The summed E-state index contributed by atoms with van der Waals surface area (Å²) in [5.74, 6) is 1.39. The molecule has 1 aromatic carbocycles. The van der Waals surface area contributed by atoms with Gasteiger partial charge in [0.15, 0.2) is 11.5 Å². The molecule has 1 saturated heterocycles. The van der Waals surface area contributed by atoms with Crippen molar-refractivity contribution in [1.29, 1.82) is 0 Å². The van der Waals surface area contributed by atoms with E-state index in [2.05, 4.69) is 12.2 Å². The number of nitrogens with zero attached hydrogens (tertiary/aromatic N) is 1. The van der Waals surface area contributed by atoms with Gasteiger partial charge in [-0.25, -0.2) is 0 Å². The number of methoxy groups -OCH3 is 3. The van der Waals surface area contributed by atoms with Crippen LogP contribution in [0.25, 0.3) is 0 Å². The van der Waals surface area contributed by atoms with E-state index in [1.807, 2.05) is 4.90 Å². The Morgan fingerprint density at radius 1 is 1.09 bits per heavy atom. The number of carbonyl (C=O) groups excluding carboxylic acids is 2. The minimum atomic E-state index is -0.336. The second-order valence-corrected chi connectivity index (χ2v) is 9.43. The van der Waals surface area contributed by atoms with Crippen molar-refractivity contribution in [3.63, 3.8) is 0 Å². The van der Waals surface area contributed by atoms with Crippen LogP contribution in [0.1, 0.15) is 44.5 Å². The predicted octanol–water partition coefficient (Wildman–Crippen LogP) is 3.62. The zero-order chi connectivity index (χ0) is 23.5. The maximum atomic E-state index is 13.5. The van der Waals surface area contributed by atoms with Crippen LogP contribution in [0.15, 0.2) is 12.1 Å². The van der Waals surface area contributed by atoms with Crippen LogP contribution < -0.4 is 19.5 Å². The molecule has 1 aliphatic heterocycles. The quantitative estimate of drug-likeness (QED) is 0.688. The van der Waals surface area contributed by atoms with Crippen LogP contribution in [0.2, 0.25) is 0 Å². The molecule has 2 heterocycles. The molecule has 1 N–H and O–H groups in total. The van der Waals surface area contributed by atoms with Crippen molar-refractivity contribution in [2.75, 3.05) is 52.9 Å². The maximum Gasteiger partial charge on any atom is 0.257 e. The summed E-state index contributed by atoms with van der Waals surface area (Å²) in [6.07, 6.45) is 2.80. The van der Waals surface area contributed by atoms with Crippen LogP contribution in [0, 0.1) is 5.92 Å². The Labute approximate surface area is 197 Å². The van der Waals surface area contributed by atoms with Crippen molar-refractivity contribution in [3.8, 4) is 17.2 Å². The van der Waals surface area contributed by atoms with E-state index in [-0.39, 0.29) is 11.8 Å². The Hall–Kier alpha value is -2.78. The van der Waals surface area contributed by atoms with Gasteiger partial charge in [-0.1, -0.05) is 6.92 Å². The van der Waals surface area contributed by atoms with Gasteiger partial charge in [-0.2, -0.15) is 0 Å². The first-order chi connectivity index (χ1) is 16.0. The third-order valence-corrected chi connectivity index (χ3v) is 7.35. The van der Waals surface area contributed by atoms with Gasteiger partial charge in [-0.3, -0.25) is 9.59 Å². The van der Waals surface area contributed by atoms with E-state index in [9.17, 15) is 9.59 Å². The highest BCUT2D eigenvalue weighted by molar-refractivity contribution is 7.17. The molecule has 2 aliphatic rings. The lowest BCUT2D eigenvalue weighted by atomic mass is 9.88. The molecule has 2 amide bonds. The average molecular weight is 475 g/mol. The summed E-state index contributed by atoms with van der Waals surface area (Å²) in [5.41, 5.74) is 2.06. The van der Waals surface area contributed by atoms with Crippen molar-refractivity contribution in [1.82, 2.24) is 4.90 Å². The van der Waals surface area contributed by atoms with Crippen LogP contribution in [-0.2, 0) is 17.6 Å². The Kier molecular flexibility index (Phi) is 7.09. The topological polar surface area (TPSA) is 86.3 Å². The highest BCUT2D eigenvalue weighted by Crippen LogP contribution is 2.42. The Morgan fingerprint density at radius 3 is 2.36 bits per heavy atom. The molecule has 1 unspecified atom stereocenters. The Morgan fingerprint density at radius 2 is 1.76 bits per heavy atom. The van der Waals surface area contributed by atoms with Crippen molar-refractivity contribution < 1.29 is 28.5 Å². The number of fused-ring (bicyclic) bond motifs is 1. The Balaban J connectivity index is 1.69. The molecule has 0 spiro atoms. The Bertz CT molecular complexity index is 1020. The molecule has 33 heavy (non-hydrogen) atoms. The molecule has 4 rings (SSSR count). The number of rotatable bonds is 6. The highest BCUT2D eigenvalue weighted by Gasteiger charge is 2.31. The van der Waals surface area contributed by atoms with Gasteiger partial charge in [-0.05, 0) is 42.9 Å². The van der Waals surface area contributed by atoms with Crippen LogP contribution >= 0.6 is 11.3 Å². The fraction of sp³-hybridized carbons (Fsp3) is 0.500. The molecule has 0 radical (unpaired) electrons. The summed E-state index contributed by atoms with van der Waals surface area (Å²) in [7, 11) is 4.53. The molecule has 1 fully saturated rings. The van der Waals surface area contributed by atoms with Gasteiger partial charge < -0.3 is 29.2 Å². The van der Waals surface area contributed by atoms with Crippen LogP contribution in [0.3, 0.4) is 0 Å². The number of benzene rings is 1. The first-order valence-corrected chi connectivity index (χ1v) is 11.9. The smallest absolute Gasteiger partial charge is 0.257 e. The van der Waals surface area contributed by atoms with Crippen LogP contribution in [0.5, 0.6) is 17.2 Å². The summed E-state index contributed by atoms with van der Waals surface area (Å²) in [6.45, 7) is 4.39. The fourth-order valence-electron chi connectivity index (χ4n) is 4.38. The summed E-state index contributed by atoms with van der Waals surface area (Å²) < 4.78 is 21.5. The van der Waals surface area contributed by atoms with Gasteiger partial charge in [0.05, 0.1) is 40.1 Å². The SMILES string of the molecule is COc1cc(C(=O)Nc2sc3c(c2C(=O)N2CCOCC2)CCC(C)C3)cc(OC)c1OC. The number of hydrogen-bond acceptors (Lipinski definition) is 7. The molecule has 1 aliphatic carbocycles. The van der Waals surface area contributed by atoms with E-state index in [0.29, 0.717) is 65.6 Å². The number of nitrogens with one attached hydrogen (secondary N) is 1. The van der Waals surface area contributed by atoms with E-state index < -0.39 is 0 Å². The normalized spacial score (nSPS) is 17.8. The third-order valence-electron chi connectivity index (χ3n) is 6.18. The fourth-order valence-corrected chi connectivity index (χ4v) is 5.77. The lowest BCUT2D eigenvalue weighted by Crippen LogP contribution is -2.41. The number of morpholine rings is 1. The van der Waals surface area contributed by atoms with Gasteiger partial charge in [0.25, 0.3) is 11.8 Å². The molecule has 2 aromatic rings. The van der Waals surface area contributed by atoms with Gasteiger partial charge in [0.1, 0.15) is 5.00 Å². The first kappa shape index (κ1) is 23.4. The van der Waals surface area contributed by atoms with Crippen molar-refractivity contribution in [3.05, 3.63) is 33.7 Å². The molecule has 0 saturated carbocycles.